The number of amides is 3. The number of methoxy groups -OCH3 is 1. The van der Waals surface area contributed by atoms with Crippen LogP contribution >= 0.6 is 0 Å². The molecule has 0 bridgehead atoms. The van der Waals surface area contributed by atoms with Crippen molar-refractivity contribution in [3.05, 3.63) is 29.8 Å². The molecule has 0 aliphatic carbocycles. The molecular weight excluding hydrogens is 352 g/mol. The molecule has 0 aliphatic heterocycles. The molecule has 1 atom stereocenters. The average Bonchev–Trinajstić information content (AvgIpc) is 2.60. The van der Waals surface area contributed by atoms with Crippen molar-refractivity contribution in [2.75, 3.05) is 13.7 Å². The maximum atomic E-state index is 11.9. The Labute approximate surface area is 158 Å². The summed E-state index contributed by atoms with van der Waals surface area (Å²) in [6, 6.07) is 4.43. The summed E-state index contributed by atoms with van der Waals surface area (Å²) < 4.78 is 15.6. The molecule has 0 aliphatic rings. The normalized spacial score (nSPS) is 11.8. The molecule has 0 saturated heterocycles. The van der Waals surface area contributed by atoms with Crippen molar-refractivity contribution in [3.63, 3.8) is 0 Å². The molecule has 0 saturated carbocycles. The second kappa shape index (κ2) is 10.8. The number of hydrogen-bond donors (Lipinski definition) is 2. The molecule has 27 heavy (non-hydrogen) atoms. The van der Waals surface area contributed by atoms with Gasteiger partial charge in [-0.05, 0) is 51.5 Å². The zero-order valence-electron chi connectivity index (χ0n) is 16.2. The van der Waals surface area contributed by atoms with Crippen LogP contribution < -0.4 is 20.1 Å². The minimum absolute atomic E-state index is 0.121. The highest BCUT2D eigenvalue weighted by Crippen LogP contribution is 2.28. The van der Waals surface area contributed by atoms with Crippen LogP contribution in [0.25, 0.3) is 6.08 Å². The molecule has 0 heterocycles. The van der Waals surface area contributed by atoms with Gasteiger partial charge in [-0.15, -0.1) is 0 Å². The van der Waals surface area contributed by atoms with Gasteiger partial charge in [0.05, 0.1) is 13.7 Å². The molecule has 1 aromatic carbocycles. The monoisotopic (exact) mass is 378 g/mol. The van der Waals surface area contributed by atoms with Crippen LogP contribution in [0.1, 0.15) is 33.3 Å². The van der Waals surface area contributed by atoms with Crippen LogP contribution in [0.2, 0.25) is 0 Å². The lowest BCUT2D eigenvalue weighted by Gasteiger charge is -2.13. The van der Waals surface area contributed by atoms with Crippen LogP contribution in [-0.4, -0.2) is 43.8 Å². The molecule has 0 spiro atoms. The Morgan fingerprint density at radius 3 is 2.44 bits per heavy atom. The number of benzene rings is 1. The molecule has 8 heteroatoms. The summed E-state index contributed by atoms with van der Waals surface area (Å²) in [5, 5.41) is 4.61. The summed E-state index contributed by atoms with van der Waals surface area (Å²) >= 11 is 0. The van der Waals surface area contributed by atoms with Crippen molar-refractivity contribution in [2.24, 2.45) is 0 Å². The van der Waals surface area contributed by atoms with Gasteiger partial charge in [-0.2, -0.15) is 0 Å². The number of hydrogen-bond acceptors (Lipinski definition) is 6. The smallest absolute Gasteiger partial charge is 0.331 e. The van der Waals surface area contributed by atoms with Crippen molar-refractivity contribution in [1.82, 2.24) is 10.6 Å². The molecule has 0 aromatic heterocycles. The van der Waals surface area contributed by atoms with Crippen molar-refractivity contribution >= 4 is 24.0 Å². The summed E-state index contributed by atoms with van der Waals surface area (Å²) in [4.78, 5) is 35.2. The third kappa shape index (κ3) is 7.81. The second-order valence-corrected chi connectivity index (χ2v) is 5.87. The molecule has 148 valence electrons. The largest absolute Gasteiger partial charge is 0.493 e. The molecule has 1 rings (SSSR count). The Bertz CT molecular complexity index is 699. The maximum Gasteiger partial charge on any atom is 0.331 e. The second-order valence-electron chi connectivity index (χ2n) is 5.87. The van der Waals surface area contributed by atoms with Crippen LogP contribution in [0.15, 0.2) is 24.3 Å². The van der Waals surface area contributed by atoms with E-state index in [0.717, 1.165) is 0 Å². The number of carbonyl (C=O) groups is 3. The van der Waals surface area contributed by atoms with E-state index in [2.05, 4.69) is 10.6 Å². The summed E-state index contributed by atoms with van der Waals surface area (Å²) in [5.74, 6) is -0.284. The lowest BCUT2D eigenvalue weighted by molar-refractivity contribution is -0.149. The maximum absolute atomic E-state index is 11.9. The molecule has 0 fully saturated rings. The first-order valence-electron chi connectivity index (χ1n) is 8.57. The lowest BCUT2D eigenvalue weighted by atomic mass is 10.2. The van der Waals surface area contributed by atoms with Crippen LogP contribution in [0.3, 0.4) is 0 Å². The van der Waals surface area contributed by atoms with E-state index in [1.165, 1.54) is 26.2 Å². The van der Waals surface area contributed by atoms with Gasteiger partial charge in [-0.1, -0.05) is 6.07 Å². The molecule has 0 radical (unpaired) electrons. The van der Waals surface area contributed by atoms with Gasteiger partial charge in [-0.25, -0.2) is 9.59 Å². The Morgan fingerprint density at radius 2 is 1.85 bits per heavy atom. The SMILES string of the molecule is CCOc1ccc(/C=C/C(=O)O[C@@H](C)C(=O)NC(=O)NC(C)C)cc1OC. The van der Waals surface area contributed by atoms with Crippen LogP contribution in [0.4, 0.5) is 4.79 Å². The zero-order valence-corrected chi connectivity index (χ0v) is 16.2. The lowest BCUT2D eigenvalue weighted by Crippen LogP contribution is -2.46. The van der Waals surface area contributed by atoms with Gasteiger partial charge >= 0.3 is 12.0 Å². The Kier molecular flexibility index (Phi) is 8.84. The minimum Gasteiger partial charge on any atom is -0.493 e. The third-order valence-electron chi connectivity index (χ3n) is 3.22. The highest BCUT2D eigenvalue weighted by molar-refractivity contribution is 5.98. The Morgan fingerprint density at radius 1 is 1.15 bits per heavy atom. The van der Waals surface area contributed by atoms with Gasteiger partial charge in [0.2, 0.25) is 0 Å². The standard InChI is InChI=1S/C19H26N2O6/c1-6-26-15-9-7-14(11-16(15)25-5)8-10-17(22)27-13(4)18(23)21-19(24)20-12(2)3/h7-13H,6H2,1-5H3,(H2,20,21,23,24)/b10-8+/t13-/m0/s1. The molecule has 2 N–H and O–H groups in total. The van der Waals surface area contributed by atoms with E-state index in [1.54, 1.807) is 32.0 Å². The van der Waals surface area contributed by atoms with Crippen LogP contribution in [0, 0.1) is 0 Å². The van der Waals surface area contributed by atoms with Crippen LogP contribution in [-0.2, 0) is 14.3 Å². The first-order chi connectivity index (χ1) is 12.8. The number of rotatable bonds is 8. The van der Waals surface area contributed by atoms with E-state index in [0.29, 0.717) is 23.7 Å². The minimum atomic E-state index is -1.12. The van der Waals surface area contributed by atoms with E-state index < -0.39 is 24.0 Å². The summed E-state index contributed by atoms with van der Waals surface area (Å²) in [6.07, 6.45) is 1.60. The molecular formula is C19H26N2O6. The van der Waals surface area contributed by atoms with E-state index >= 15 is 0 Å². The topological polar surface area (TPSA) is 103 Å². The Balaban J connectivity index is 2.62. The fourth-order valence-electron chi connectivity index (χ4n) is 2.01. The average molecular weight is 378 g/mol. The Hall–Kier alpha value is -3.03. The number of carbonyl (C=O) groups excluding carboxylic acids is 3. The predicted octanol–water partition coefficient (Wildman–Crippen LogP) is 2.27. The first-order valence-corrected chi connectivity index (χ1v) is 8.57. The van der Waals surface area contributed by atoms with E-state index in [4.69, 9.17) is 14.2 Å². The number of imide groups is 1. The molecule has 3 amide bonds. The number of esters is 1. The predicted molar refractivity (Wildman–Crippen MR) is 101 cm³/mol. The van der Waals surface area contributed by atoms with Crippen molar-refractivity contribution in [3.8, 4) is 11.5 Å². The third-order valence-corrected chi connectivity index (χ3v) is 3.22. The van der Waals surface area contributed by atoms with E-state index in [-0.39, 0.29) is 6.04 Å². The van der Waals surface area contributed by atoms with Gasteiger partial charge in [0.25, 0.3) is 5.91 Å². The van der Waals surface area contributed by atoms with Crippen molar-refractivity contribution in [1.29, 1.82) is 0 Å². The highest BCUT2D eigenvalue weighted by atomic mass is 16.5. The van der Waals surface area contributed by atoms with Gasteiger partial charge in [-0.3, -0.25) is 10.1 Å². The fourth-order valence-corrected chi connectivity index (χ4v) is 2.01. The van der Waals surface area contributed by atoms with Gasteiger partial charge in [0.15, 0.2) is 17.6 Å². The molecule has 1 aromatic rings. The molecule has 0 unspecified atom stereocenters. The van der Waals surface area contributed by atoms with E-state index in [9.17, 15) is 14.4 Å². The number of nitrogens with one attached hydrogen (secondary N) is 2. The van der Waals surface area contributed by atoms with Crippen molar-refractivity contribution < 1.29 is 28.6 Å². The van der Waals surface area contributed by atoms with E-state index in [1.807, 2.05) is 6.92 Å². The fraction of sp³-hybridized carbons (Fsp3) is 0.421. The number of ether oxygens (including phenoxy) is 3. The van der Waals surface area contributed by atoms with Gasteiger partial charge < -0.3 is 19.5 Å². The van der Waals surface area contributed by atoms with Crippen LogP contribution in [0.5, 0.6) is 11.5 Å². The summed E-state index contributed by atoms with van der Waals surface area (Å²) in [7, 11) is 1.52. The van der Waals surface area contributed by atoms with Gasteiger partial charge in [0.1, 0.15) is 0 Å². The zero-order chi connectivity index (χ0) is 20.4. The van der Waals surface area contributed by atoms with Gasteiger partial charge in [0, 0.05) is 12.1 Å². The number of urea groups is 1. The summed E-state index contributed by atoms with van der Waals surface area (Å²) in [6.45, 7) is 7.27. The van der Waals surface area contributed by atoms with Crippen molar-refractivity contribution in [2.45, 2.75) is 39.8 Å². The first kappa shape index (κ1) is 22.0. The highest BCUT2D eigenvalue weighted by Gasteiger charge is 2.19. The molecule has 8 nitrogen and oxygen atoms in total. The quantitative estimate of drug-likeness (QED) is 0.531. The summed E-state index contributed by atoms with van der Waals surface area (Å²) in [5.41, 5.74) is 0.695.